The summed E-state index contributed by atoms with van der Waals surface area (Å²) >= 11 is 5.96. The van der Waals surface area contributed by atoms with Gasteiger partial charge in [-0.25, -0.2) is 14.4 Å². The molecular formula is C18H19ClFN5. The molecule has 2 aromatic heterocycles. The fraction of sp³-hybridized carbons (Fsp3) is 0.333. The Morgan fingerprint density at radius 2 is 2.24 bits per heavy atom. The van der Waals surface area contributed by atoms with E-state index >= 15 is 0 Å². The van der Waals surface area contributed by atoms with Gasteiger partial charge in [-0.1, -0.05) is 24.1 Å². The third-order valence-electron chi connectivity index (χ3n) is 4.58. The average molecular weight is 360 g/mol. The summed E-state index contributed by atoms with van der Waals surface area (Å²) in [6.45, 7) is 1.74. The molecule has 7 heteroatoms. The Morgan fingerprint density at radius 3 is 3.08 bits per heavy atom. The monoisotopic (exact) mass is 359 g/mol. The molecule has 1 aliphatic heterocycles. The zero-order chi connectivity index (χ0) is 17.2. The lowest BCUT2D eigenvalue weighted by atomic mass is 10.0. The number of nitrogens with zero attached hydrogens (tertiary/aromatic N) is 2. The van der Waals surface area contributed by atoms with Crippen molar-refractivity contribution in [3.63, 3.8) is 0 Å². The van der Waals surface area contributed by atoms with Crippen LogP contribution in [0.1, 0.15) is 19.3 Å². The summed E-state index contributed by atoms with van der Waals surface area (Å²) in [5.41, 5.74) is 3.55. The number of benzene rings is 1. The minimum absolute atomic E-state index is 0.261. The number of aromatic nitrogens is 3. The summed E-state index contributed by atoms with van der Waals surface area (Å²) in [5.74, 6) is -0.261. The molecule has 3 heterocycles. The molecule has 1 aromatic carbocycles. The number of rotatable bonds is 4. The fourth-order valence-corrected chi connectivity index (χ4v) is 3.38. The van der Waals surface area contributed by atoms with E-state index in [4.69, 9.17) is 11.6 Å². The maximum Gasteiger partial charge on any atom is 0.156 e. The highest BCUT2D eigenvalue weighted by atomic mass is 35.5. The summed E-state index contributed by atoms with van der Waals surface area (Å²) in [6, 6.07) is 5.41. The summed E-state index contributed by atoms with van der Waals surface area (Å²) in [4.78, 5) is 11.6. The van der Waals surface area contributed by atoms with Crippen LogP contribution in [0.25, 0.3) is 22.3 Å². The first-order valence-corrected chi connectivity index (χ1v) is 8.85. The maximum absolute atomic E-state index is 14.2. The van der Waals surface area contributed by atoms with Crippen molar-refractivity contribution in [2.75, 3.05) is 18.4 Å². The number of piperidine rings is 1. The van der Waals surface area contributed by atoms with Crippen LogP contribution in [0.15, 0.2) is 30.6 Å². The largest absolute Gasteiger partial charge is 0.381 e. The standard InChI is InChI=1S/C18H19ClFN5/c19-16-10-24-18-17(25-16)13(9-23-18)11-4-5-14(20)15(7-11)22-8-12-3-1-2-6-21-12/h4-5,7,9-10,12,21-22H,1-3,6,8H2,(H,23,24). The number of hydrogen-bond acceptors (Lipinski definition) is 4. The lowest BCUT2D eigenvalue weighted by Gasteiger charge is -2.24. The van der Waals surface area contributed by atoms with Crippen molar-refractivity contribution in [2.45, 2.75) is 25.3 Å². The third-order valence-corrected chi connectivity index (χ3v) is 4.76. The Balaban J connectivity index is 1.60. The smallest absolute Gasteiger partial charge is 0.156 e. The number of aromatic amines is 1. The Labute approximate surface area is 150 Å². The lowest BCUT2D eigenvalue weighted by molar-refractivity contribution is 0.414. The second kappa shape index (κ2) is 6.98. The molecule has 0 spiro atoms. The van der Waals surface area contributed by atoms with Gasteiger partial charge in [-0.05, 0) is 37.1 Å². The zero-order valence-electron chi connectivity index (χ0n) is 13.6. The summed E-state index contributed by atoms with van der Waals surface area (Å²) < 4.78 is 14.2. The maximum atomic E-state index is 14.2. The number of hydrogen-bond donors (Lipinski definition) is 3. The molecule has 1 fully saturated rings. The molecular weight excluding hydrogens is 341 g/mol. The van der Waals surface area contributed by atoms with Crippen LogP contribution in [-0.2, 0) is 0 Å². The summed E-state index contributed by atoms with van der Waals surface area (Å²) in [7, 11) is 0. The van der Waals surface area contributed by atoms with Crippen molar-refractivity contribution >= 4 is 28.5 Å². The van der Waals surface area contributed by atoms with Crippen molar-refractivity contribution in [3.05, 3.63) is 41.6 Å². The number of halogens is 2. The van der Waals surface area contributed by atoms with Crippen molar-refractivity contribution in [1.29, 1.82) is 0 Å². The van der Waals surface area contributed by atoms with Gasteiger partial charge in [0.1, 0.15) is 16.5 Å². The molecule has 3 N–H and O–H groups in total. The van der Waals surface area contributed by atoms with Gasteiger partial charge in [0.05, 0.1) is 11.9 Å². The summed E-state index contributed by atoms with van der Waals surface area (Å²) in [6.07, 6.45) is 6.87. The number of nitrogens with one attached hydrogen (secondary N) is 3. The van der Waals surface area contributed by atoms with E-state index in [9.17, 15) is 4.39 Å². The van der Waals surface area contributed by atoms with E-state index in [1.807, 2.05) is 12.3 Å². The van der Waals surface area contributed by atoms with Crippen LogP contribution >= 0.6 is 11.6 Å². The van der Waals surface area contributed by atoms with Gasteiger partial charge in [-0.15, -0.1) is 0 Å². The van der Waals surface area contributed by atoms with Crippen molar-refractivity contribution in [3.8, 4) is 11.1 Å². The minimum Gasteiger partial charge on any atom is -0.381 e. The number of anilines is 1. The van der Waals surface area contributed by atoms with Crippen LogP contribution in [0.2, 0.25) is 5.15 Å². The highest BCUT2D eigenvalue weighted by molar-refractivity contribution is 6.29. The van der Waals surface area contributed by atoms with E-state index in [2.05, 4.69) is 25.6 Å². The minimum atomic E-state index is -0.261. The topological polar surface area (TPSA) is 65.6 Å². The van der Waals surface area contributed by atoms with Crippen LogP contribution < -0.4 is 10.6 Å². The molecule has 1 unspecified atom stereocenters. The van der Waals surface area contributed by atoms with E-state index in [1.165, 1.54) is 25.1 Å². The Kier molecular flexibility index (Phi) is 4.55. The number of fused-ring (bicyclic) bond motifs is 1. The van der Waals surface area contributed by atoms with Gasteiger partial charge in [-0.3, -0.25) is 0 Å². The molecule has 4 rings (SSSR count). The molecule has 5 nitrogen and oxygen atoms in total. The van der Waals surface area contributed by atoms with Crippen LogP contribution in [0, 0.1) is 5.82 Å². The predicted octanol–water partition coefficient (Wildman–Crippen LogP) is 3.97. The molecule has 0 saturated carbocycles. The second-order valence-corrected chi connectivity index (χ2v) is 6.70. The highest BCUT2D eigenvalue weighted by Gasteiger charge is 2.15. The van der Waals surface area contributed by atoms with Crippen molar-refractivity contribution in [2.24, 2.45) is 0 Å². The Bertz CT molecular complexity index is 888. The molecule has 0 radical (unpaired) electrons. The SMILES string of the molecule is Fc1ccc(-c2c[nH]c3ncc(Cl)nc23)cc1NCC1CCCCN1. The molecule has 0 aliphatic carbocycles. The first kappa shape index (κ1) is 16.3. The summed E-state index contributed by atoms with van der Waals surface area (Å²) in [5, 5.41) is 7.02. The number of H-pyrrole nitrogens is 1. The molecule has 0 bridgehead atoms. The molecule has 130 valence electrons. The van der Waals surface area contributed by atoms with Gasteiger partial charge in [-0.2, -0.15) is 0 Å². The Hall–Kier alpha value is -2.18. The van der Waals surface area contributed by atoms with E-state index in [1.54, 1.807) is 6.07 Å². The second-order valence-electron chi connectivity index (χ2n) is 6.31. The normalized spacial score (nSPS) is 17.8. The predicted molar refractivity (Wildman–Crippen MR) is 98.4 cm³/mol. The molecule has 1 aliphatic rings. The van der Waals surface area contributed by atoms with Gasteiger partial charge >= 0.3 is 0 Å². The van der Waals surface area contributed by atoms with Crippen LogP contribution in [0.4, 0.5) is 10.1 Å². The quantitative estimate of drug-likeness (QED) is 0.659. The van der Waals surface area contributed by atoms with Gasteiger partial charge in [0, 0.05) is 24.3 Å². The molecule has 1 atom stereocenters. The van der Waals surface area contributed by atoms with E-state index in [0.29, 0.717) is 34.6 Å². The first-order valence-electron chi connectivity index (χ1n) is 8.47. The lowest BCUT2D eigenvalue weighted by Crippen LogP contribution is -2.39. The van der Waals surface area contributed by atoms with E-state index in [0.717, 1.165) is 24.1 Å². The van der Waals surface area contributed by atoms with E-state index < -0.39 is 0 Å². The van der Waals surface area contributed by atoms with Gasteiger partial charge in [0.2, 0.25) is 0 Å². The van der Waals surface area contributed by atoms with Gasteiger partial charge in [0.15, 0.2) is 5.65 Å². The van der Waals surface area contributed by atoms with Crippen molar-refractivity contribution < 1.29 is 4.39 Å². The van der Waals surface area contributed by atoms with Crippen LogP contribution in [0.5, 0.6) is 0 Å². The van der Waals surface area contributed by atoms with Gasteiger partial charge in [0.25, 0.3) is 0 Å². The zero-order valence-corrected chi connectivity index (χ0v) is 14.4. The molecule has 3 aromatic rings. The highest BCUT2D eigenvalue weighted by Crippen LogP contribution is 2.30. The van der Waals surface area contributed by atoms with Gasteiger partial charge < -0.3 is 15.6 Å². The fourth-order valence-electron chi connectivity index (χ4n) is 3.25. The van der Waals surface area contributed by atoms with Crippen LogP contribution in [0.3, 0.4) is 0 Å². The molecule has 0 amide bonds. The molecule has 25 heavy (non-hydrogen) atoms. The first-order chi connectivity index (χ1) is 12.2. The average Bonchev–Trinajstić information content (AvgIpc) is 3.05. The van der Waals surface area contributed by atoms with E-state index in [-0.39, 0.29) is 5.82 Å². The van der Waals surface area contributed by atoms with Crippen LogP contribution in [-0.4, -0.2) is 34.1 Å². The third kappa shape index (κ3) is 3.45. The molecule has 1 saturated heterocycles. The Morgan fingerprint density at radius 1 is 1.32 bits per heavy atom. The van der Waals surface area contributed by atoms with Crippen molar-refractivity contribution in [1.82, 2.24) is 20.3 Å².